The molecule has 1 amide bonds. The van der Waals surface area contributed by atoms with Gasteiger partial charge in [0.2, 0.25) is 5.91 Å². The Morgan fingerprint density at radius 3 is 2.26 bits per heavy atom. The van der Waals surface area contributed by atoms with E-state index in [-0.39, 0.29) is 36.4 Å². The highest BCUT2D eigenvalue weighted by Gasteiger charge is 2.03. The molecule has 0 radical (unpaired) electrons. The summed E-state index contributed by atoms with van der Waals surface area (Å²) in [4.78, 5) is 16.0. The summed E-state index contributed by atoms with van der Waals surface area (Å²) in [5, 5.41) is 8.99. The van der Waals surface area contributed by atoms with Gasteiger partial charge in [-0.2, -0.15) is 0 Å². The number of aliphatic imine (C=N–C) groups is 1. The van der Waals surface area contributed by atoms with Crippen molar-refractivity contribution in [3.63, 3.8) is 0 Å². The van der Waals surface area contributed by atoms with Gasteiger partial charge in [-0.3, -0.25) is 9.79 Å². The minimum atomic E-state index is -0.0654. The van der Waals surface area contributed by atoms with Crippen molar-refractivity contribution in [1.29, 1.82) is 0 Å². The summed E-state index contributed by atoms with van der Waals surface area (Å²) in [5.41, 5.74) is 1.21. The van der Waals surface area contributed by atoms with Crippen LogP contribution in [0.3, 0.4) is 0 Å². The molecular weight excluding hydrogens is 455 g/mol. The molecule has 0 aliphatic rings. The lowest BCUT2D eigenvalue weighted by molar-refractivity contribution is -0.119. The molecule has 0 fully saturated rings. The lowest BCUT2D eigenvalue weighted by Crippen LogP contribution is -2.44. The summed E-state index contributed by atoms with van der Waals surface area (Å²) in [7, 11) is 1.67. The molecule has 7 heteroatoms. The van der Waals surface area contributed by atoms with Crippen LogP contribution in [0.5, 0.6) is 5.75 Å². The van der Waals surface area contributed by atoms with Crippen molar-refractivity contribution < 1.29 is 9.53 Å². The Morgan fingerprint density at radius 1 is 0.926 bits per heavy atom. The number of hydrogen-bond donors (Lipinski definition) is 3. The maximum absolute atomic E-state index is 11.9. The molecule has 6 nitrogen and oxygen atoms in total. The molecule has 146 valence electrons. The van der Waals surface area contributed by atoms with Gasteiger partial charge in [-0.1, -0.05) is 48.5 Å². The topological polar surface area (TPSA) is 74.8 Å². The number of rotatable bonds is 9. The molecule has 0 bridgehead atoms. The van der Waals surface area contributed by atoms with Crippen LogP contribution in [0.25, 0.3) is 0 Å². The van der Waals surface area contributed by atoms with E-state index in [1.165, 1.54) is 5.56 Å². The van der Waals surface area contributed by atoms with Crippen molar-refractivity contribution in [1.82, 2.24) is 16.0 Å². The molecule has 0 atom stereocenters. The SMILES string of the molecule is CN=C(NCCOc1ccccc1)NCC(=O)NCCc1ccccc1.I. The molecular formula is C20H27IN4O2. The van der Waals surface area contributed by atoms with Crippen molar-refractivity contribution in [2.75, 3.05) is 33.3 Å². The van der Waals surface area contributed by atoms with E-state index >= 15 is 0 Å². The molecule has 0 aromatic heterocycles. The van der Waals surface area contributed by atoms with Crippen molar-refractivity contribution in [3.8, 4) is 5.75 Å². The number of ether oxygens (including phenoxy) is 1. The van der Waals surface area contributed by atoms with Crippen LogP contribution in [0, 0.1) is 0 Å². The third-order valence-electron chi connectivity index (χ3n) is 3.63. The van der Waals surface area contributed by atoms with E-state index in [1.54, 1.807) is 7.05 Å². The van der Waals surface area contributed by atoms with Gasteiger partial charge in [-0.25, -0.2) is 0 Å². The summed E-state index contributed by atoms with van der Waals surface area (Å²) in [6.45, 7) is 1.88. The fourth-order valence-corrected chi connectivity index (χ4v) is 2.29. The van der Waals surface area contributed by atoms with E-state index in [0.29, 0.717) is 25.7 Å². The smallest absolute Gasteiger partial charge is 0.239 e. The van der Waals surface area contributed by atoms with Gasteiger partial charge in [0.05, 0.1) is 13.1 Å². The lowest BCUT2D eigenvalue weighted by atomic mass is 10.1. The summed E-state index contributed by atoms with van der Waals surface area (Å²) in [6, 6.07) is 19.7. The third-order valence-corrected chi connectivity index (χ3v) is 3.63. The van der Waals surface area contributed by atoms with Crippen molar-refractivity contribution in [3.05, 3.63) is 66.2 Å². The third kappa shape index (κ3) is 9.83. The van der Waals surface area contributed by atoms with E-state index in [0.717, 1.165) is 12.2 Å². The molecule has 0 aliphatic heterocycles. The monoisotopic (exact) mass is 482 g/mol. The quantitative estimate of drug-likeness (QED) is 0.222. The van der Waals surface area contributed by atoms with Gasteiger partial charge < -0.3 is 20.7 Å². The number of nitrogens with one attached hydrogen (secondary N) is 3. The largest absolute Gasteiger partial charge is 0.492 e. The second kappa shape index (κ2) is 13.9. The fourth-order valence-electron chi connectivity index (χ4n) is 2.29. The summed E-state index contributed by atoms with van der Waals surface area (Å²) in [6.07, 6.45) is 0.816. The minimum absolute atomic E-state index is 0. The lowest BCUT2D eigenvalue weighted by Gasteiger charge is -2.12. The Kier molecular flexibility index (Phi) is 11.7. The van der Waals surface area contributed by atoms with Crippen LogP contribution in [0.2, 0.25) is 0 Å². The Hall–Kier alpha value is -2.29. The first-order chi connectivity index (χ1) is 12.8. The van der Waals surface area contributed by atoms with E-state index in [4.69, 9.17) is 4.74 Å². The van der Waals surface area contributed by atoms with Gasteiger partial charge in [0.25, 0.3) is 0 Å². The van der Waals surface area contributed by atoms with Crippen molar-refractivity contribution in [2.24, 2.45) is 4.99 Å². The van der Waals surface area contributed by atoms with Gasteiger partial charge >= 0.3 is 0 Å². The Bertz CT molecular complexity index is 681. The summed E-state index contributed by atoms with van der Waals surface area (Å²) < 4.78 is 5.60. The highest BCUT2D eigenvalue weighted by atomic mass is 127. The number of carbonyl (C=O) groups is 1. The standard InChI is InChI=1S/C20H26N4O2.HI/c1-21-20(23-14-15-26-18-10-6-3-7-11-18)24-16-19(25)22-13-12-17-8-4-2-5-9-17;/h2-11H,12-16H2,1H3,(H,22,25)(H2,21,23,24);1H. The van der Waals surface area contributed by atoms with E-state index < -0.39 is 0 Å². The normalized spacial score (nSPS) is 10.5. The van der Waals surface area contributed by atoms with Gasteiger partial charge in [0.15, 0.2) is 5.96 Å². The predicted molar refractivity (Wildman–Crippen MR) is 120 cm³/mol. The van der Waals surface area contributed by atoms with Crippen LogP contribution >= 0.6 is 24.0 Å². The van der Waals surface area contributed by atoms with Crippen LogP contribution in [-0.2, 0) is 11.2 Å². The number of nitrogens with zero attached hydrogens (tertiary/aromatic N) is 1. The van der Waals surface area contributed by atoms with Crippen LogP contribution in [0.4, 0.5) is 0 Å². The van der Waals surface area contributed by atoms with Crippen LogP contribution in [-0.4, -0.2) is 45.2 Å². The number of benzene rings is 2. The molecule has 2 rings (SSSR count). The highest BCUT2D eigenvalue weighted by molar-refractivity contribution is 14.0. The molecule has 2 aromatic rings. The molecule has 2 aromatic carbocycles. The van der Waals surface area contributed by atoms with Crippen LogP contribution in [0.15, 0.2) is 65.7 Å². The van der Waals surface area contributed by atoms with Crippen LogP contribution in [0.1, 0.15) is 5.56 Å². The van der Waals surface area contributed by atoms with E-state index in [9.17, 15) is 4.79 Å². The van der Waals surface area contributed by atoms with Crippen molar-refractivity contribution >= 4 is 35.8 Å². The number of halogens is 1. The molecule has 0 aliphatic carbocycles. The van der Waals surface area contributed by atoms with Gasteiger partial charge in [-0.05, 0) is 24.1 Å². The first-order valence-electron chi connectivity index (χ1n) is 8.71. The Labute approximate surface area is 177 Å². The van der Waals surface area contributed by atoms with E-state index in [1.807, 2.05) is 60.7 Å². The average Bonchev–Trinajstić information content (AvgIpc) is 2.69. The number of hydrogen-bond acceptors (Lipinski definition) is 3. The van der Waals surface area contributed by atoms with E-state index in [2.05, 4.69) is 20.9 Å². The Morgan fingerprint density at radius 2 is 1.59 bits per heavy atom. The molecule has 0 unspecified atom stereocenters. The number of para-hydroxylation sites is 1. The zero-order valence-corrected chi connectivity index (χ0v) is 17.8. The zero-order chi connectivity index (χ0) is 18.5. The predicted octanol–water partition coefficient (Wildman–Crippen LogP) is 2.21. The second-order valence-corrected chi connectivity index (χ2v) is 5.60. The van der Waals surface area contributed by atoms with Gasteiger partial charge in [0.1, 0.15) is 12.4 Å². The number of carbonyl (C=O) groups excluding carboxylic acids is 1. The highest BCUT2D eigenvalue weighted by Crippen LogP contribution is 2.07. The summed E-state index contributed by atoms with van der Waals surface area (Å²) >= 11 is 0. The molecule has 3 N–H and O–H groups in total. The fraction of sp³-hybridized carbons (Fsp3) is 0.300. The Balaban J connectivity index is 0.00000364. The number of guanidine groups is 1. The maximum Gasteiger partial charge on any atom is 0.239 e. The average molecular weight is 482 g/mol. The molecule has 0 saturated heterocycles. The first-order valence-corrected chi connectivity index (χ1v) is 8.71. The molecule has 27 heavy (non-hydrogen) atoms. The maximum atomic E-state index is 11.9. The number of amides is 1. The zero-order valence-electron chi connectivity index (χ0n) is 15.5. The van der Waals surface area contributed by atoms with Crippen LogP contribution < -0.4 is 20.7 Å². The summed E-state index contributed by atoms with van der Waals surface area (Å²) in [5.74, 6) is 1.33. The van der Waals surface area contributed by atoms with Gasteiger partial charge in [0, 0.05) is 13.6 Å². The first kappa shape index (κ1) is 22.8. The van der Waals surface area contributed by atoms with Gasteiger partial charge in [-0.15, -0.1) is 24.0 Å². The minimum Gasteiger partial charge on any atom is -0.492 e. The molecule has 0 heterocycles. The molecule has 0 spiro atoms. The molecule has 0 saturated carbocycles. The second-order valence-electron chi connectivity index (χ2n) is 5.60. The van der Waals surface area contributed by atoms with Crippen molar-refractivity contribution in [2.45, 2.75) is 6.42 Å².